The van der Waals surface area contributed by atoms with Crippen LogP contribution in [0.1, 0.15) is 11.1 Å². The highest BCUT2D eigenvalue weighted by atomic mass is 32.2. The summed E-state index contributed by atoms with van der Waals surface area (Å²) in [6.07, 6.45) is 3.58. The summed E-state index contributed by atoms with van der Waals surface area (Å²) in [6.45, 7) is 2.13. The van der Waals surface area contributed by atoms with Crippen LogP contribution < -0.4 is 15.0 Å². The van der Waals surface area contributed by atoms with Crippen molar-refractivity contribution in [1.29, 1.82) is 0 Å². The number of hydrogen-bond donors (Lipinski definition) is 1. The van der Waals surface area contributed by atoms with E-state index in [1.54, 1.807) is 36.7 Å². The number of pyridine rings is 1. The lowest BCUT2D eigenvalue weighted by Crippen LogP contribution is -2.28. The Balaban J connectivity index is 1.52. The smallest absolute Gasteiger partial charge is 0.258 e. The molecule has 0 saturated heterocycles. The SMILES string of the molecule is Cc1ccc([N-]S(=O)(=O)c2ccc(OCC(=O)NCc3ccc[nH+]c3)cc2)cc1. The fourth-order valence-corrected chi connectivity index (χ4v) is 3.43. The number of carbonyl (C=O) groups is 1. The Labute approximate surface area is 169 Å². The van der Waals surface area contributed by atoms with Gasteiger partial charge in [-0.2, -0.15) is 0 Å². The zero-order chi connectivity index (χ0) is 20.7. The molecule has 0 fully saturated rings. The first-order valence-corrected chi connectivity index (χ1v) is 10.4. The van der Waals surface area contributed by atoms with E-state index in [0.717, 1.165) is 11.1 Å². The van der Waals surface area contributed by atoms with Gasteiger partial charge in [-0.1, -0.05) is 29.8 Å². The van der Waals surface area contributed by atoms with Crippen LogP contribution in [0.3, 0.4) is 0 Å². The van der Waals surface area contributed by atoms with Gasteiger partial charge in [0.05, 0.1) is 4.90 Å². The maximum absolute atomic E-state index is 12.4. The van der Waals surface area contributed by atoms with E-state index in [1.165, 1.54) is 24.3 Å². The lowest BCUT2D eigenvalue weighted by Gasteiger charge is -2.22. The third-order valence-corrected chi connectivity index (χ3v) is 5.33. The molecule has 3 rings (SSSR count). The van der Waals surface area contributed by atoms with Crippen molar-refractivity contribution in [3.8, 4) is 5.75 Å². The zero-order valence-electron chi connectivity index (χ0n) is 15.8. The first kappa shape index (κ1) is 20.3. The zero-order valence-corrected chi connectivity index (χ0v) is 16.6. The van der Waals surface area contributed by atoms with Crippen molar-refractivity contribution in [2.45, 2.75) is 18.4 Å². The number of nitrogens with one attached hydrogen (secondary N) is 2. The molecule has 1 heterocycles. The number of sulfonamides is 1. The number of aromatic amines is 1. The molecule has 1 aromatic heterocycles. The van der Waals surface area contributed by atoms with Gasteiger partial charge in [-0.15, -0.1) is 5.69 Å². The molecule has 0 aliphatic rings. The predicted octanol–water partition coefficient (Wildman–Crippen LogP) is 2.90. The number of nitrogens with zero attached hydrogens (tertiary/aromatic N) is 1. The van der Waals surface area contributed by atoms with E-state index < -0.39 is 10.0 Å². The molecule has 0 atom stereocenters. The van der Waals surface area contributed by atoms with Crippen molar-refractivity contribution >= 4 is 21.6 Å². The van der Waals surface area contributed by atoms with Crippen LogP contribution in [0.5, 0.6) is 5.75 Å². The second-order valence-electron chi connectivity index (χ2n) is 6.35. The second-order valence-corrected chi connectivity index (χ2v) is 7.95. The molecule has 2 N–H and O–H groups in total. The highest BCUT2D eigenvalue weighted by molar-refractivity contribution is 7.94. The second kappa shape index (κ2) is 9.20. The highest BCUT2D eigenvalue weighted by Crippen LogP contribution is 2.28. The third kappa shape index (κ3) is 6.05. The van der Waals surface area contributed by atoms with Gasteiger partial charge in [0.1, 0.15) is 15.8 Å². The highest BCUT2D eigenvalue weighted by Gasteiger charge is 2.07. The minimum atomic E-state index is -3.83. The molecule has 8 heteroatoms. The topological polar surface area (TPSA) is 101 Å². The molecule has 7 nitrogen and oxygen atoms in total. The lowest BCUT2D eigenvalue weighted by atomic mass is 10.2. The Morgan fingerprint density at radius 3 is 2.45 bits per heavy atom. The third-order valence-electron chi connectivity index (χ3n) is 4.01. The van der Waals surface area contributed by atoms with Gasteiger partial charge in [-0.25, -0.2) is 13.4 Å². The Bertz CT molecular complexity index is 1050. The van der Waals surface area contributed by atoms with Crippen LogP contribution in [0.15, 0.2) is 78.0 Å². The quantitative estimate of drug-likeness (QED) is 0.616. The van der Waals surface area contributed by atoms with Crippen LogP contribution in [0, 0.1) is 6.92 Å². The summed E-state index contributed by atoms with van der Waals surface area (Å²) < 4.78 is 34.1. The average molecular weight is 411 g/mol. The number of ether oxygens (including phenoxy) is 1. The van der Waals surface area contributed by atoms with Gasteiger partial charge >= 0.3 is 0 Å². The van der Waals surface area contributed by atoms with Crippen molar-refractivity contribution in [3.63, 3.8) is 0 Å². The van der Waals surface area contributed by atoms with Gasteiger partial charge < -0.3 is 14.8 Å². The number of benzene rings is 2. The van der Waals surface area contributed by atoms with Crippen LogP contribution >= 0.6 is 0 Å². The van der Waals surface area contributed by atoms with Crippen molar-refractivity contribution in [3.05, 3.63) is 88.9 Å². The van der Waals surface area contributed by atoms with Gasteiger partial charge in [-0.05, 0) is 37.3 Å². The van der Waals surface area contributed by atoms with Gasteiger partial charge in [-0.3, -0.25) is 4.79 Å². The van der Waals surface area contributed by atoms with E-state index >= 15 is 0 Å². The number of H-pyrrole nitrogens is 1. The summed E-state index contributed by atoms with van der Waals surface area (Å²) in [6, 6.07) is 16.4. The molecule has 0 aliphatic heterocycles. The maximum Gasteiger partial charge on any atom is 0.258 e. The lowest BCUT2D eigenvalue weighted by molar-refractivity contribution is -0.378. The molecule has 0 radical (unpaired) electrons. The minimum absolute atomic E-state index is 0.0511. The number of amides is 1. The molecule has 3 aromatic rings. The van der Waals surface area contributed by atoms with Gasteiger partial charge in [0.15, 0.2) is 19.0 Å². The van der Waals surface area contributed by atoms with Gasteiger partial charge in [0.2, 0.25) is 0 Å². The summed E-state index contributed by atoms with van der Waals surface area (Å²) in [4.78, 5) is 14.9. The standard InChI is InChI=1S/C21H20N3O4S/c1-16-4-6-18(7-5-16)24-29(26,27)20-10-8-19(9-11-20)28-15-21(25)23-14-17-3-2-12-22-13-17/h2-13H,14-15H2,1H3,(H,23,25)/q-1/p+1. The minimum Gasteiger partial charge on any atom is -0.573 e. The molecule has 150 valence electrons. The molecule has 0 aliphatic carbocycles. The number of aryl methyl sites for hydroxylation is 1. The number of hydrogen-bond acceptors (Lipinski definition) is 4. The molecule has 1 amide bonds. The fraction of sp³-hybridized carbons (Fsp3) is 0.143. The molecule has 0 saturated carbocycles. The Kier molecular flexibility index (Phi) is 6.46. The van der Waals surface area contributed by atoms with E-state index in [2.05, 4.69) is 15.0 Å². The summed E-state index contributed by atoms with van der Waals surface area (Å²) in [5.74, 6) is 0.113. The Morgan fingerprint density at radius 1 is 1.07 bits per heavy atom. The first-order chi connectivity index (χ1) is 13.9. The largest absolute Gasteiger partial charge is 0.573 e. The molecule has 29 heavy (non-hydrogen) atoms. The van der Waals surface area contributed by atoms with Crippen molar-refractivity contribution in [2.75, 3.05) is 6.61 Å². The van der Waals surface area contributed by atoms with Crippen LogP contribution in [0.2, 0.25) is 0 Å². The Hall–Kier alpha value is -3.39. The molecular weight excluding hydrogens is 390 g/mol. The van der Waals surface area contributed by atoms with Crippen LogP contribution in [0.25, 0.3) is 4.72 Å². The normalized spacial score (nSPS) is 10.9. The number of carbonyl (C=O) groups excluding carboxylic acids is 1. The predicted molar refractivity (Wildman–Crippen MR) is 108 cm³/mol. The average Bonchev–Trinajstić information content (AvgIpc) is 2.73. The summed E-state index contributed by atoms with van der Waals surface area (Å²) in [5.41, 5.74) is 2.32. The molecule has 2 aromatic carbocycles. The van der Waals surface area contributed by atoms with Crippen LogP contribution in [-0.2, 0) is 21.4 Å². The summed E-state index contributed by atoms with van der Waals surface area (Å²) >= 11 is 0. The summed E-state index contributed by atoms with van der Waals surface area (Å²) in [7, 11) is -3.83. The molecule has 0 spiro atoms. The van der Waals surface area contributed by atoms with E-state index in [-0.39, 0.29) is 17.4 Å². The molecule has 0 unspecified atom stereocenters. The molecular formula is C21H21N3O4S. The Morgan fingerprint density at radius 2 is 1.79 bits per heavy atom. The van der Waals surface area contributed by atoms with E-state index in [0.29, 0.717) is 18.0 Å². The van der Waals surface area contributed by atoms with Crippen molar-refractivity contribution in [2.24, 2.45) is 0 Å². The van der Waals surface area contributed by atoms with E-state index in [4.69, 9.17) is 4.74 Å². The number of aromatic nitrogens is 1. The van der Waals surface area contributed by atoms with Crippen LogP contribution in [-0.4, -0.2) is 20.9 Å². The van der Waals surface area contributed by atoms with Gasteiger partial charge in [0.25, 0.3) is 5.91 Å². The molecule has 0 bridgehead atoms. The summed E-state index contributed by atoms with van der Waals surface area (Å²) in [5, 5.41) is 2.74. The van der Waals surface area contributed by atoms with Crippen LogP contribution in [0.4, 0.5) is 5.69 Å². The van der Waals surface area contributed by atoms with Gasteiger partial charge in [0, 0.05) is 18.2 Å². The first-order valence-electron chi connectivity index (χ1n) is 8.92. The van der Waals surface area contributed by atoms with E-state index in [9.17, 15) is 13.2 Å². The monoisotopic (exact) mass is 411 g/mol. The van der Waals surface area contributed by atoms with Crippen molar-refractivity contribution < 1.29 is 22.9 Å². The maximum atomic E-state index is 12.4. The number of rotatable bonds is 8. The van der Waals surface area contributed by atoms with E-state index in [1.807, 2.05) is 19.1 Å². The fourth-order valence-electron chi connectivity index (χ4n) is 2.45. The van der Waals surface area contributed by atoms with Crippen molar-refractivity contribution in [1.82, 2.24) is 5.32 Å².